The molecule has 1 aliphatic rings. The predicted octanol–water partition coefficient (Wildman–Crippen LogP) is 2.38. The molecule has 1 aromatic carbocycles. The molecule has 0 amide bonds. The van der Waals surface area contributed by atoms with Crippen LogP contribution in [0.2, 0.25) is 0 Å². The molecule has 3 rings (SSSR count). The molecule has 2 aromatic rings. The van der Waals surface area contributed by atoms with Crippen molar-refractivity contribution in [3.63, 3.8) is 0 Å². The maximum atomic E-state index is 11.5. The number of aryl methyl sites for hydroxylation is 1. The van der Waals surface area contributed by atoms with Gasteiger partial charge in [-0.05, 0) is 30.2 Å². The highest BCUT2D eigenvalue weighted by atomic mass is 16.5. The third kappa shape index (κ3) is 1.93. The van der Waals surface area contributed by atoms with Crippen LogP contribution in [0.25, 0.3) is 0 Å². The third-order valence-electron chi connectivity index (χ3n) is 2.88. The molecule has 0 atom stereocenters. The number of ketones is 1. The zero-order chi connectivity index (χ0) is 11.7. The Labute approximate surface area is 98.2 Å². The molecule has 0 unspecified atom stereocenters. The summed E-state index contributed by atoms with van der Waals surface area (Å²) in [6, 6.07) is 7.35. The fourth-order valence-corrected chi connectivity index (χ4v) is 1.99. The predicted molar refractivity (Wildman–Crippen MR) is 59.9 cm³/mol. The summed E-state index contributed by atoms with van der Waals surface area (Å²) in [7, 11) is 0. The average Bonchev–Trinajstić information content (AvgIpc) is 2.97. The van der Waals surface area contributed by atoms with Gasteiger partial charge in [0.05, 0.1) is 0 Å². The highest BCUT2D eigenvalue weighted by Crippen LogP contribution is 2.26. The van der Waals surface area contributed by atoms with E-state index in [9.17, 15) is 4.79 Å². The molecule has 17 heavy (non-hydrogen) atoms. The lowest BCUT2D eigenvalue weighted by Crippen LogP contribution is -1.97. The summed E-state index contributed by atoms with van der Waals surface area (Å²) >= 11 is 0. The first kappa shape index (κ1) is 10.1. The van der Waals surface area contributed by atoms with Gasteiger partial charge >= 0.3 is 0 Å². The van der Waals surface area contributed by atoms with Crippen molar-refractivity contribution in [2.75, 3.05) is 0 Å². The van der Waals surface area contributed by atoms with Crippen LogP contribution in [0.1, 0.15) is 28.0 Å². The summed E-state index contributed by atoms with van der Waals surface area (Å²) in [6.45, 7) is 0.378. The molecule has 1 aliphatic carbocycles. The molecule has 0 spiro atoms. The molecule has 0 fully saturated rings. The molecule has 1 heterocycles. The van der Waals surface area contributed by atoms with Crippen LogP contribution in [-0.4, -0.2) is 10.9 Å². The molecule has 0 bridgehead atoms. The van der Waals surface area contributed by atoms with Crippen molar-refractivity contribution in [3.05, 3.63) is 47.3 Å². The number of nitrogens with zero attached hydrogens (tertiary/aromatic N) is 1. The maximum Gasteiger partial charge on any atom is 0.163 e. The fourth-order valence-electron chi connectivity index (χ4n) is 1.99. The van der Waals surface area contributed by atoms with Crippen molar-refractivity contribution < 1.29 is 14.1 Å². The highest BCUT2D eigenvalue weighted by molar-refractivity contribution is 6.00. The summed E-state index contributed by atoms with van der Waals surface area (Å²) in [5, 5.41) is 3.76. The van der Waals surface area contributed by atoms with E-state index in [2.05, 4.69) is 5.16 Å². The van der Waals surface area contributed by atoms with Gasteiger partial charge in [0.1, 0.15) is 24.3 Å². The topological polar surface area (TPSA) is 52.3 Å². The molecule has 1 aromatic heterocycles. The minimum atomic E-state index is 0.225. The van der Waals surface area contributed by atoms with Crippen molar-refractivity contribution in [1.29, 1.82) is 0 Å². The summed E-state index contributed by atoms with van der Waals surface area (Å²) in [4.78, 5) is 11.5. The Morgan fingerprint density at radius 3 is 3.06 bits per heavy atom. The second-order valence-electron chi connectivity index (χ2n) is 4.02. The Balaban J connectivity index is 1.74. The lowest BCUT2D eigenvalue weighted by molar-refractivity contribution is 0.0994. The molecule has 0 aliphatic heterocycles. The number of carbonyl (C=O) groups excluding carboxylic acids is 1. The standard InChI is InChI=1S/C13H11NO3/c15-13-4-1-9-7-11(2-3-12(9)13)16-8-10-5-6-17-14-10/h2-3,5-7H,1,4,8H2. The average molecular weight is 229 g/mol. The third-order valence-corrected chi connectivity index (χ3v) is 2.88. The Morgan fingerprint density at radius 1 is 1.29 bits per heavy atom. The van der Waals surface area contributed by atoms with Crippen molar-refractivity contribution in [3.8, 4) is 5.75 Å². The van der Waals surface area contributed by atoms with Crippen molar-refractivity contribution in [2.45, 2.75) is 19.4 Å². The van der Waals surface area contributed by atoms with Crippen molar-refractivity contribution in [2.24, 2.45) is 0 Å². The molecule has 4 nitrogen and oxygen atoms in total. The van der Waals surface area contributed by atoms with E-state index in [1.165, 1.54) is 6.26 Å². The first-order chi connectivity index (χ1) is 8.33. The lowest BCUT2D eigenvalue weighted by atomic mass is 10.1. The van der Waals surface area contributed by atoms with E-state index in [0.717, 1.165) is 29.0 Å². The number of carbonyl (C=O) groups is 1. The quantitative estimate of drug-likeness (QED) is 0.810. The Kier molecular flexibility index (Phi) is 2.40. The molecule has 0 N–H and O–H groups in total. The zero-order valence-corrected chi connectivity index (χ0v) is 9.18. The van der Waals surface area contributed by atoms with Gasteiger partial charge in [-0.3, -0.25) is 4.79 Å². The smallest absolute Gasteiger partial charge is 0.163 e. The van der Waals surface area contributed by atoms with E-state index in [1.807, 2.05) is 18.2 Å². The van der Waals surface area contributed by atoms with Gasteiger partial charge in [-0.1, -0.05) is 5.16 Å². The maximum absolute atomic E-state index is 11.5. The summed E-state index contributed by atoms with van der Waals surface area (Å²) in [5.74, 6) is 0.990. The van der Waals surface area contributed by atoms with Gasteiger partial charge in [0.2, 0.25) is 0 Å². The number of ether oxygens (including phenoxy) is 1. The van der Waals surface area contributed by atoms with Crippen LogP contribution in [0, 0.1) is 0 Å². The van der Waals surface area contributed by atoms with Gasteiger partial charge in [0.15, 0.2) is 5.78 Å². The van der Waals surface area contributed by atoms with Gasteiger partial charge in [-0.15, -0.1) is 0 Å². The monoisotopic (exact) mass is 229 g/mol. The van der Waals surface area contributed by atoms with E-state index in [-0.39, 0.29) is 5.78 Å². The van der Waals surface area contributed by atoms with E-state index in [0.29, 0.717) is 13.0 Å². The van der Waals surface area contributed by atoms with Gasteiger partial charge in [-0.25, -0.2) is 0 Å². The first-order valence-electron chi connectivity index (χ1n) is 5.51. The van der Waals surface area contributed by atoms with Crippen molar-refractivity contribution in [1.82, 2.24) is 5.16 Å². The van der Waals surface area contributed by atoms with E-state index in [4.69, 9.17) is 9.26 Å². The minimum absolute atomic E-state index is 0.225. The number of hydrogen-bond acceptors (Lipinski definition) is 4. The van der Waals surface area contributed by atoms with Crippen LogP contribution < -0.4 is 4.74 Å². The number of aromatic nitrogens is 1. The van der Waals surface area contributed by atoms with Gasteiger partial charge in [0, 0.05) is 18.1 Å². The van der Waals surface area contributed by atoms with Crippen LogP contribution in [-0.2, 0) is 13.0 Å². The molecule has 0 saturated heterocycles. The number of Topliss-reactive ketones (excluding diaryl/α,β-unsaturated/α-hetero) is 1. The number of fused-ring (bicyclic) bond motifs is 1. The molecular formula is C13H11NO3. The largest absolute Gasteiger partial charge is 0.487 e. The van der Waals surface area contributed by atoms with E-state index >= 15 is 0 Å². The summed E-state index contributed by atoms with van der Waals surface area (Å²) < 4.78 is 10.3. The number of rotatable bonds is 3. The van der Waals surface area contributed by atoms with Crippen LogP contribution in [0.4, 0.5) is 0 Å². The Bertz CT molecular complexity index is 546. The molecule has 0 radical (unpaired) electrons. The van der Waals surface area contributed by atoms with Gasteiger partial charge in [0.25, 0.3) is 0 Å². The molecular weight excluding hydrogens is 218 g/mol. The Morgan fingerprint density at radius 2 is 2.24 bits per heavy atom. The van der Waals surface area contributed by atoms with E-state index < -0.39 is 0 Å². The first-order valence-corrected chi connectivity index (χ1v) is 5.51. The van der Waals surface area contributed by atoms with Crippen LogP contribution in [0.15, 0.2) is 35.1 Å². The summed E-state index contributed by atoms with van der Waals surface area (Å²) in [6.07, 6.45) is 2.94. The second-order valence-corrected chi connectivity index (χ2v) is 4.02. The lowest BCUT2D eigenvalue weighted by Gasteiger charge is -2.05. The SMILES string of the molecule is O=C1CCc2cc(OCc3ccon3)ccc21. The highest BCUT2D eigenvalue weighted by Gasteiger charge is 2.19. The normalized spacial score (nSPS) is 13.8. The van der Waals surface area contributed by atoms with Gasteiger partial charge in [-0.2, -0.15) is 0 Å². The second kappa shape index (κ2) is 4.05. The van der Waals surface area contributed by atoms with Crippen LogP contribution >= 0.6 is 0 Å². The van der Waals surface area contributed by atoms with E-state index in [1.54, 1.807) is 6.07 Å². The van der Waals surface area contributed by atoms with Crippen LogP contribution in [0.3, 0.4) is 0 Å². The van der Waals surface area contributed by atoms with Crippen molar-refractivity contribution >= 4 is 5.78 Å². The molecule has 4 heteroatoms. The zero-order valence-electron chi connectivity index (χ0n) is 9.18. The fraction of sp³-hybridized carbons (Fsp3) is 0.231. The summed E-state index contributed by atoms with van der Waals surface area (Å²) in [5.41, 5.74) is 2.66. The molecule has 86 valence electrons. The molecule has 0 saturated carbocycles. The minimum Gasteiger partial charge on any atom is -0.487 e. The number of hydrogen-bond donors (Lipinski definition) is 0. The van der Waals surface area contributed by atoms with Gasteiger partial charge < -0.3 is 9.26 Å². The van der Waals surface area contributed by atoms with Crippen LogP contribution in [0.5, 0.6) is 5.75 Å². The number of benzene rings is 1. The Hall–Kier alpha value is -2.10.